The van der Waals surface area contributed by atoms with Crippen molar-refractivity contribution >= 4 is 11.9 Å². The Morgan fingerprint density at radius 3 is 2.00 bits per heavy atom. The Kier molecular flexibility index (Phi) is 13.2. The molecule has 0 fully saturated rings. The van der Waals surface area contributed by atoms with Crippen LogP contribution in [-0.4, -0.2) is 42.0 Å². The summed E-state index contributed by atoms with van der Waals surface area (Å²) in [6, 6.07) is 0.667. The number of carbonyl (C=O) groups is 1. The molecule has 10 nitrogen and oxygen atoms in total. The number of hydrogen-bond acceptors (Lipinski definition) is 7. The van der Waals surface area contributed by atoms with E-state index >= 15 is 0 Å². The largest absolute Gasteiger partial charge is 1.00 e. The van der Waals surface area contributed by atoms with Crippen LogP contribution in [-0.2, 0) is 19.5 Å². The Hall–Kier alpha value is -0.787. The van der Waals surface area contributed by atoms with Crippen molar-refractivity contribution < 1.29 is 157 Å². The first-order valence-corrected chi connectivity index (χ1v) is 8.55. The zero-order valence-electron chi connectivity index (χ0n) is 18.4. The molecular formula is C16H8F9K2N5O5. The summed E-state index contributed by atoms with van der Waals surface area (Å²) in [5, 5.41) is 19.8. The standard InChI is InChI=1S/C15H8F9N5O2.CH2O3.2K/c16-6-29-8(30)1-2-28-11(31)9(10(14(19,20)21)26-12(28)29)7-3-25-27(4-7)5-13(17,18)15(22,23)24;2-1(3)4;;/h1-4H,5-6H2;(H2,2,3,4);;/q;;2*+1/p-2. The van der Waals surface area contributed by atoms with Crippen LogP contribution in [0.5, 0.6) is 0 Å². The van der Waals surface area contributed by atoms with E-state index in [9.17, 15) is 49.1 Å². The van der Waals surface area contributed by atoms with Crippen LogP contribution in [0.3, 0.4) is 0 Å². The second-order valence-corrected chi connectivity index (χ2v) is 6.39. The predicted molar refractivity (Wildman–Crippen MR) is 89.5 cm³/mol. The van der Waals surface area contributed by atoms with Gasteiger partial charge in [0.1, 0.15) is 6.54 Å². The topological polar surface area (TPSA) is 137 Å². The Morgan fingerprint density at radius 2 is 1.54 bits per heavy atom. The van der Waals surface area contributed by atoms with E-state index in [1.54, 1.807) is 0 Å². The second-order valence-electron chi connectivity index (χ2n) is 6.39. The molecule has 3 rings (SSSR count). The van der Waals surface area contributed by atoms with E-state index in [4.69, 9.17) is 15.0 Å². The Labute approximate surface area is 282 Å². The fraction of sp³-hybridized carbons (Fsp3) is 0.312. The average molecular weight is 599 g/mol. The van der Waals surface area contributed by atoms with Crippen molar-refractivity contribution in [2.24, 2.45) is 0 Å². The number of nitrogens with zero attached hydrogens (tertiary/aromatic N) is 5. The zero-order valence-corrected chi connectivity index (χ0v) is 24.6. The normalized spacial score (nSPS) is 11.7. The summed E-state index contributed by atoms with van der Waals surface area (Å²) in [7, 11) is 0. The second kappa shape index (κ2) is 13.5. The van der Waals surface area contributed by atoms with Crippen molar-refractivity contribution in [2.75, 3.05) is 0 Å². The van der Waals surface area contributed by atoms with Gasteiger partial charge in [-0.25, -0.2) is 13.9 Å². The van der Waals surface area contributed by atoms with Gasteiger partial charge >= 0.3 is 121 Å². The first-order chi connectivity index (χ1) is 15.9. The van der Waals surface area contributed by atoms with Crippen LogP contribution in [0.15, 0.2) is 34.2 Å². The number of halogens is 9. The number of carboxylic acid groups (broad SMARTS) is 2. The molecule has 0 aliphatic carbocycles. The van der Waals surface area contributed by atoms with Gasteiger partial charge in [-0.05, 0) is 6.16 Å². The first-order valence-electron chi connectivity index (χ1n) is 8.55. The fourth-order valence-corrected chi connectivity index (χ4v) is 2.62. The van der Waals surface area contributed by atoms with Gasteiger partial charge in [0.05, 0.1) is 11.8 Å². The molecule has 0 aromatic carbocycles. The van der Waals surface area contributed by atoms with E-state index in [-0.39, 0.29) is 112 Å². The van der Waals surface area contributed by atoms with Crippen molar-refractivity contribution in [3.8, 4) is 11.1 Å². The predicted octanol–water partition coefficient (Wildman–Crippen LogP) is -5.58. The van der Waals surface area contributed by atoms with Gasteiger partial charge in [0, 0.05) is 24.0 Å². The molecule has 37 heavy (non-hydrogen) atoms. The van der Waals surface area contributed by atoms with E-state index in [0.717, 1.165) is 0 Å². The molecule has 0 atom stereocenters. The van der Waals surface area contributed by atoms with Crippen molar-refractivity contribution in [3.05, 3.63) is 51.1 Å². The van der Waals surface area contributed by atoms with Crippen molar-refractivity contribution in [1.82, 2.24) is 23.7 Å². The maximum atomic E-state index is 13.5. The first kappa shape index (κ1) is 36.2. The number of carbonyl (C=O) groups excluding carboxylic acids is 1. The molecular weight excluding hydrogens is 591 g/mol. The summed E-state index contributed by atoms with van der Waals surface area (Å²) in [6.45, 7) is -3.67. The third-order valence-corrected chi connectivity index (χ3v) is 4.06. The molecule has 3 aromatic heterocycles. The summed E-state index contributed by atoms with van der Waals surface area (Å²) < 4.78 is 118. The van der Waals surface area contributed by atoms with Gasteiger partial charge in [-0.1, -0.05) is 0 Å². The maximum Gasteiger partial charge on any atom is 1.00 e. The van der Waals surface area contributed by atoms with Crippen LogP contribution < -0.4 is 124 Å². The van der Waals surface area contributed by atoms with E-state index < -0.39 is 71.5 Å². The smallest absolute Gasteiger partial charge is 0.652 e. The van der Waals surface area contributed by atoms with E-state index in [1.165, 1.54) is 0 Å². The minimum atomic E-state index is -5.95. The Balaban J connectivity index is 0.00000201. The SMILES string of the molecule is O=C([O-])[O-].O=c1ccn2c(=O)c(-c3cnn(CC(F)(F)C(F)(F)F)c3)c(C(F)(F)F)nc2n1CF.[K+].[K+]. The van der Waals surface area contributed by atoms with Gasteiger partial charge in [-0.2, -0.15) is 40.2 Å². The molecule has 0 bridgehead atoms. The molecule has 0 saturated carbocycles. The Morgan fingerprint density at radius 1 is 1.00 bits per heavy atom. The molecule has 192 valence electrons. The van der Waals surface area contributed by atoms with Crippen LogP contribution >= 0.6 is 0 Å². The molecule has 0 radical (unpaired) electrons. The number of rotatable bonds is 4. The molecule has 0 aliphatic rings. The van der Waals surface area contributed by atoms with Crippen molar-refractivity contribution in [3.63, 3.8) is 0 Å². The molecule has 0 aliphatic heterocycles. The quantitative estimate of drug-likeness (QED) is 0.216. The third-order valence-electron chi connectivity index (χ3n) is 4.06. The van der Waals surface area contributed by atoms with Crippen LogP contribution in [0.25, 0.3) is 16.9 Å². The third kappa shape index (κ3) is 8.60. The number of fused-ring (bicyclic) bond motifs is 1. The number of aromatic nitrogens is 5. The molecule has 3 heterocycles. The molecule has 0 N–H and O–H groups in total. The molecule has 0 saturated heterocycles. The van der Waals surface area contributed by atoms with Crippen LogP contribution in [0.2, 0.25) is 0 Å². The zero-order chi connectivity index (χ0) is 26.9. The van der Waals surface area contributed by atoms with Gasteiger partial charge in [0.2, 0.25) is 5.78 Å². The van der Waals surface area contributed by atoms with E-state index in [0.29, 0.717) is 29.1 Å². The van der Waals surface area contributed by atoms with Crippen LogP contribution in [0.1, 0.15) is 5.69 Å². The maximum absolute atomic E-state index is 13.5. The van der Waals surface area contributed by atoms with E-state index in [2.05, 4.69) is 10.1 Å². The van der Waals surface area contributed by atoms with Crippen molar-refractivity contribution in [2.45, 2.75) is 31.6 Å². The van der Waals surface area contributed by atoms with Crippen LogP contribution in [0, 0.1) is 0 Å². The summed E-state index contributed by atoms with van der Waals surface area (Å²) in [4.78, 5) is 35.7. The van der Waals surface area contributed by atoms with Gasteiger partial charge in [0.25, 0.3) is 11.1 Å². The molecule has 21 heteroatoms. The number of alkyl halides is 9. The monoisotopic (exact) mass is 599 g/mol. The molecule has 0 spiro atoms. The summed E-state index contributed by atoms with van der Waals surface area (Å²) >= 11 is 0. The molecule has 0 unspecified atom stereocenters. The summed E-state index contributed by atoms with van der Waals surface area (Å²) in [5.74, 6) is -6.25. The Bertz CT molecular complexity index is 1360. The van der Waals surface area contributed by atoms with Crippen LogP contribution in [0.4, 0.5) is 44.3 Å². The van der Waals surface area contributed by atoms with Crippen molar-refractivity contribution in [1.29, 1.82) is 0 Å². The van der Waals surface area contributed by atoms with Gasteiger partial charge in [-0.3, -0.25) is 18.7 Å². The average Bonchev–Trinajstić information content (AvgIpc) is 3.12. The minimum absolute atomic E-state index is 0. The minimum Gasteiger partial charge on any atom is -0.652 e. The summed E-state index contributed by atoms with van der Waals surface area (Å²) in [6.07, 6.45) is -12.1. The van der Waals surface area contributed by atoms with Gasteiger partial charge in [-0.15, -0.1) is 0 Å². The fourth-order valence-electron chi connectivity index (χ4n) is 2.62. The molecule has 3 aromatic rings. The van der Waals surface area contributed by atoms with E-state index in [1.807, 2.05) is 0 Å². The summed E-state index contributed by atoms with van der Waals surface area (Å²) in [5.41, 5.74) is -6.50. The van der Waals surface area contributed by atoms with Gasteiger partial charge < -0.3 is 15.0 Å². The number of hydrogen-bond donors (Lipinski definition) is 0. The van der Waals surface area contributed by atoms with Gasteiger partial charge in [0.15, 0.2) is 12.5 Å². The molecule has 0 amide bonds.